The Morgan fingerprint density at radius 2 is 2.36 bits per heavy atom. The van der Waals surface area contributed by atoms with Gasteiger partial charge in [0.05, 0.1) is 7.11 Å². The van der Waals surface area contributed by atoms with Crippen molar-refractivity contribution >= 4 is 24.3 Å². The van der Waals surface area contributed by atoms with Gasteiger partial charge in [0, 0.05) is 0 Å². The van der Waals surface area contributed by atoms with Crippen molar-refractivity contribution < 1.29 is 9.53 Å². The summed E-state index contributed by atoms with van der Waals surface area (Å²) >= 11 is 0. The minimum absolute atomic E-state index is 0. The largest absolute Gasteiger partial charge is 0.463 e. The Balaban J connectivity index is 0.000001000. The van der Waals surface area contributed by atoms with E-state index in [0.717, 1.165) is 0 Å². The fourth-order valence-electron chi connectivity index (χ4n) is 0.463. The SMILES string of the molecule is COC(=O)c1nc(N)n[nH]1.Cl. The molecule has 0 aliphatic heterocycles. The molecule has 1 aromatic rings. The molecule has 1 aromatic heterocycles. The Kier molecular flexibility index (Phi) is 3.32. The van der Waals surface area contributed by atoms with Crippen molar-refractivity contribution in [3.8, 4) is 0 Å². The van der Waals surface area contributed by atoms with Crippen molar-refractivity contribution in [2.45, 2.75) is 0 Å². The normalized spacial score (nSPS) is 8.45. The van der Waals surface area contributed by atoms with Crippen LogP contribution in [0.1, 0.15) is 10.6 Å². The van der Waals surface area contributed by atoms with Gasteiger partial charge in [0.1, 0.15) is 0 Å². The number of H-pyrrole nitrogens is 1. The molecule has 62 valence electrons. The first-order chi connectivity index (χ1) is 4.74. The number of rotatable bonds is 1. The Morgan fingerprint density at radius 1 is 1.73 bits per heavy atom. The smallest absolute Gasteiger partial charge is 0.375 e. The van der Waals surface area contributed by atoms with Crippen LogP contribution in [-0.4, -0.2) is 28.3 Å². The van der Waals surface area contributed by atoms with Gasteiger partial charge in [0.2, 0.25) is 11.8 Å². The van der Waals surface area contributed by atoms with Crippen LogP contribution in [0.5, 0.6) is 0 Å². The molecule has 0 atom stereocenters. The number of nitrogens with two attached hydrogens (primary N) is 1. The number of carbonyl (C=O) groups is 1. The molecule has 3 N–H and O–H groups in total. The van der Waals surface area contributed by atoms with Crippen LogP contribution in [0.2, 0.25) is 0 Å². The van der Waals surface area contributed by atoms with E-state index in [9.17, 15) is 4.79 Å². The molecule has 0 saturated carbocycles. The van der Waals surface area contributed by atoms with Crippen molar-refractivity contribution in [3.05, 3.63) is 5.82 Å². The van der Waals surface area contributed by atoms with E-state index in [1.807, 2.05) is 0 Å². The molecule has 1 heterocycles. The van der Waals surface area contributed by atoms with Gasteiger partial charge in [-0.25, -0.2) is 4.79 Å². The lowest BCUT2D eigenvalue weighted by Crippen LogP contribution is -2.03. The number of nitrogens with one attached hydrogen (secondary N) is 1. The number of hydrogen-bond acceptors (Lipinski definition) is 5. The van der Waals surface area contributed by atoms with Gasteiger partial charge in [-0.1, -0.05) is 0 Å². The van der Waals surface area contributed by atoms with Gasteiger partial charge in [-0.2, -0.15) is 4.98 Å². The van der Waals surface area contributed by atoms with Crippen LogP contribution in [-0.2, 0) is 4.74 Å². The topological polar surface area (TPSA) is 93.9 Å². The Hall–Kier alpha value is -1.30. The first-order valence-corrected chi connectivity index (χ1v) is 2.50. The summed E-state index contributed by atoms with van der Waals surface area (Å²) in [5.74, 6) is -0.537. The molecule has 0 spiro atoms. The zero-order valence-corrected chi connectivity index (χ0v) is 6.51. The molecule has 0 bridgehead atoms. The van der Waals surface area contributed by atoms with Gasteiger partial charge in [-0.15, -0.1) is 17.5 Å². The second-order valence-corrected chi connectivity index (χ2v) is 1.53. The van der Waals surface area contributed by atoms with E-state index >= 15 is 0 Å². The summed E-state index contributed by atoms with van der Waals surface area (Å²) < 4.78 is 4.32. The van der Waals surface area contributed by atoms with Crippen LogP contribution in [0.4, 0.5) is 5.95 Å². The zero-order chi connectivity index (χ0) is 7.56. The van der Waals surface area contributed by atoms with Crippen molar-refractivity contribution in [2.24, 2.45) is 0 Å². The number of nitrogens with zero attached hydrogens (tertiary/aromatic N) is 2. The molecule has 0 saturated heterocycles. The molecule has 1 rings (SSSR count). The second kappa shape index (κ2) is 3.77. The van der Waals surface area contributed by atoms with E-state index in [-0.39, 0.29) is 24.2 Å². The predicted molar refractivity (Wildman–Crippen MR) is 39.4 cm³/mol. The Morgan fingerprint density at radius 3 is 2.73 bits per heavy atom. The molecule has 11 heavy (non-hydrogen) atoms. The second-order valence-electron chi connectivity index (χ2n) is 1.53. The van der Waals surface area contributed by atoms with Crippen LogP contribution >= 0.6 is 12.4 Å². The number of esters is 1. The van der Waals surface area contributed by atoms with E-state index in [0.29, 0.717) is 0 Å². The average Bonchev–Trinajstić information content (AvgIpc) is 2.34. The summed E-state index contributed by atoms with van der Waals surface area (Å²) in [5, 5.41) is 5.72. The van der Waals surface area contributed by atoms with Crippen molar-refractivity contribution in [1.82, 2.24) is 15.2 Å². The van der Waals surface area contributed by atoms with Crippen LogP contribution < -0.4 is 5.73 Å². The third-order valence-corrected chi connectivity index (χ3v) is 0.881. The maximum atomic E-state index is 10.6. The standard InChI is InChI=1S/C4H6N4O2.ClH/c1-10-3(9)2-6-4(5)8-7-2;/h1H3,(H3,5,6,7,8);1H. The number of hydrogen-bond donors (Lipinski definition) is 2. The Labute approximate surface area is 68.5 Å². The lowest BCUT2D eigenvalue weighted by molar-refractivity contribution is 0.0587. The van der Waals surface area contributed by atoms with Crippen LogP contribution in [0, 0.1) is 0 Å². The number of aromatic amines is 1. The highest BCUT2D eigenvalue weighted by Crippen LogP contribution is 1.93. The highest BCUT2D eigenvalue weighted by molar-refractivity contribution is 5.85. The van der Waals surface area contributed by atoms with Crippen molar-refractivity contribution in [2.75, 3.05) is 12.8 Å². The van der Waals surface area contributed by atoms with E-state index in [1.165, 1.54) is 7.11 Å². The van der Waals surface area contributed by atoms with Crippen LogP contribution in [0.25, 0.3) is 0 Å². The van der Waals surface area contributed by atoms with Gasteiger partial charge >= 0.3 is 5.97 Å². The third kappa shape index (κ3) is 2.08. The van der Waals surface area contributed by atoms with E-state index in [4.69, 9.17) is 5.73 Å². The molecular weight excluding hydrogens is 172 g/mol. The van der Waals surface area contributed by atoms with E-state index < -0.39 is 5.97 Å². The maximum Gasteiger partial charge on any atom is 0.375 e. The highest BCUT2D eigenvalue weighted by atomic mass is 35.5. The number of carbonyl (C=O) groups excluding carboxylic acids is 1. The average molecular weight is 179 g/mol. The number of aromatic nitrogens is 3. The highest BCUT2D eigenvalue weighted by Gasteiger charge is 2.08. The first kappa shape index (κ1) is 9.70. The zero-order valence-electron chi connectivity index (χ0n) is 5.70. The summed E-state index contributed by atoms with van der Waals surface area (Å²) in [4.78, 5) is 14.1. The Bertz CT molecular complexity index is 248. The molecule has 0 radical (unpaired) electrons. The molecule has 7 heteroatoms. The van der Waals surface area contributed by atoms with Gasteiger partial charge < -0.3 is 10.5 Å². The quantitative estimate of drug-likeness (QED) is 0.571. The first-order valence-electron chi connectivity index (χ1n) is 2.50. The van der Waals surface area contributed by atoms with Crippen LogP contribution in [0.15, 0.2) is 0 Å². The monoisotopic (exact) mass is 178 g/mol. The van der Waals surface area contributed by atoms with Crippen LogP contribution in [0.3, 0.4) is 0 Å². The molecule has 0 aliphatic carbocycles. The van der Waals surface area contributed by atoms with Crippen molar-refractivity contribution in [1.29, 1.82) is 0 Å². The predicted octanol–water partition coefficient (Wildman–Crippen LogP) is -0.405. The number of ether oxygens (including phenoxy) is 1. The van der Waals surface area contributed by atoms with Crippen molar-refractivity contribution in [3.63, 3.8) is 0 Å². The summed E-state index contributed by atoms with van der Waals surface area (Å²) in [5.41, 5.74) is 5.11. The van der Waals surface area contributed by atoms with E-state index in [1.54, 1.807) is 0 Å². The minimum atomic E-state index is -0.579. The molecule has 0 unspecified atom stereocenters. The number of methoxy groups -OCH3 is 1. The summed E-state index contributed by atoms with van der Waals surface area (Å²) in [7, 11) is 1.25. The third-order valence-electron chi connectivity index (χ3n) is 0.881. The fraction of sp³-hybridized carbons (Fsp3) is 0.250. The summed E-state index contributed by atoms with van der Waals surface area (Å²) in [6, 6.07) is 0. The van der Waals surface area contributed by atoms with E-state index in [2.05, 4.69) is 19.9 Å². The molecule has 6 nitrogen and oxygen atoms in total. The molecular formula is C4H7ClN4O2. The summed E-state index contributed by atoms with van der Waals surface area (Å²) in [6.07, 6.45) is 0. The molecule has 0 aliphatic rings. The maximum absolute atomic E-state index is 10.6. The molecule has 0 fully saturated rings. The number of halogens is 1. The number of anilines is 1. The van der Waals surface area contributed by atoms with Gasteiger partial charge in [-0.3, -0.25) is 5.10 Å². The van der Waals surface area contributed by atoms with Gasteiger partial charge in [-0.05, 0) is 0 Å². The molecule has 0 amide bonds. The lowest BCUT2D eigenvalue weighted by atomic mass is 10.6. The number of nitrogen functional groups attached to an aromatic ring is 1. The molecule has 0 aromatic carbocycles. The minimum Gasteiger partial charge on any atom is -0.463 e. The lowest BCUT2D eigenvalue weighted by Gasteiger charge is -1.88. The van der Waals surface area contributed by atoms with Gasteiger partial charge in [0.25, 0.3) is 0 Å². The fourth-order valence-corrected chi connectivity index (χ4v) is 0.463. The summed E-state index contributed by atoms with van der Waals surface area (Å²) in [6.45, 7) is 0. The van der Waals surface area contributed by atoms with Gasteiger partial charge in [0.15, 0.2) is 0 Å².